The lowest BCUT2D eigenvalue weighted by Crippen LogP contribution is -2.13. The van der Waals surface area contributed by atoms with Crippen LogP contribution in [-0.2, 0) is 11.2 Å². The van der Waals surface area contributed by atoms with Gasteiger partial charge >= 0.3 is 0 Å². The highest BCUT2D eigenvalue weighted by atomic mass is 35.5. The Balaban J connectivity index is 1.54. The number of nitrogens with one attached hydrogen (secondary N) is 1. The minimum atomic E-state index is -0.0685. The number of thioether (sulfide) groups is 1. The van der Waals surface area contributed by atoms with Gasteiger partial charge in [-0.1, -0.05) is 47.0 Å². The molecule has 1 N–H and O–H groups in total. The van der Waals surface area contributed by atoms with Gasteiger partial charge in [0.2, 0.25) is 5.91 Å². The SMILES string of the molecule is Cc1ccc(SCC(=O)Nc2ncc(Cc3ccc(Cl)cc3Cl)s2)cc1. The second-order valence-corrected chi connectivity index (χ2v) is 8.70. The third-order valence-electron chi connectivity index (χ3n) is 3.57. The molecule has 0 atom stereocenters. The van der Waals surface area contributed by atoms with E-state index >= 15 is 0 Å². The Labute approximate surface area is 170 Å². The highest BCUT2D eigenvalue weighted by Crippen LogP contribution is 2.27. The number of thiazole rings is 1. The molecule has 1 heterocycles. The van der Waals surface area contributed by atoms with E-state index < -0.39 is 0 Å². The zero-order valence-corrected chi connectivity index (χ0v) is 17.1. The maximum atomic E-state index is 12.1. The monoisotopic (exact) mass is 422 g/mol. The lowest BCUT2D eigenvalue weighted by molar-refractivity contribution is -0.113. The fourth-order valence-electron chi connectivity index (χ4n) is 2.24. The van der Waals surface area contributed by atoms with Crippen molar-refractivity contribution in [3.05, 3.63) is 74.7 Å². The number of hydrogen-bond acceptors (Lipinski definition) is 4. The Bertz CT molecular complexity index is 910. The third kappa shape index (κ3) is 5.48. The number of benzene rings is 2. The number of aromatic nitrogens is 1. The van der Waals surface area contributed by atoms with Crippen molar-refractivity contribution >= 4 is 57.3 Å². The Morgan fingerprint density at radius 1 is 1.19 bits per heavy atom. The maximum Gasteiger partial charge on any atom is 0.236 e. The minimum absolute atomic E-state index is 0.0685. The summed E-state index contributed by atoms with van der Waals surface area (Å²) >= 11 is 15.1. The summed E-state index contributed by atoms with van der Waals surface area (Å²) in [5.74, 6) is 0.280. The minimum Gasteiger partial charge on any atom is -0.301 e. The predicted octanol–water partition coefficient (Wildman–Crippen LogP) is 6.08. The number of rotatable bonds is 6. The normalized spacial score (nSPS) is 10.7. The van der Waals surface area contributed by atoms with Crippen molar-refractivity contribution in [1.29, 1.82) is 0 Å². The van der Waals surface area contributed by atoms with Crippen LogP contribution in [-0.4, -0.2) is 16.6 Å². The molecule has 0 saturated carbocycles. The van der Waals surface area contributed by atoms with E-state index in [9.17, 15) is 4.79 Å². The number of carbonyl (C=O) groups is 1. The predicted molar refractivity (Wildman–Crippen MR) is 112 cm³/mol. The molecule has 0 aliphatic heterocycles. The molecule has 3 nitrogen and oxygen atoms in total. The number of aryl methyl sites for hydroxylation is 1. The number of nitrogens with zero attached hydrogens (tertiary/aromatic N) is 1. The van der Waals surface area contributed by atoms with Gasteiger partial charge in [-0.25, -0.2) is 4.98 Å². The van der Waals surface area contributed by atoms with Gasteiger partial charge in [0.1, 0.15) is 0 Å². The first kappa shape index (κ1) is 19.2. The van der Waals surface area contributed by atoms with Crippen molar-refractivity contribution in [2.24, 2.45) is 0 Å². The van der Waals surface area contributed by atoms with E-state index in [4.69, 9.17) is 23.2 Å². The van der Waals surface area contributed by atoms with Crippen molar-refractivity contribution < 1.29 is 4.79 Å². The van der Waals surface area contributed by atoms with Crippen LogP contribution in [0.1, 0.15) is 16.0 Å². The molecule has 0 unspecified atom stereocenters. The molecule has 0 aliphatic rings. The van der Waals surface area contributed by atoms with Gasteiger partial charge in [-0.2, -0.15) is 0 Å². The average Bonchev–Trinajstić information content (AvgIpc) is 3.04. The summed E-state index contributed by atoms with van der Waals surface area (Å²) in [5.41, 5.74) is 2.18. The Morgan fingerprint density at radius 3 is 2.69 bits per heavy atom. The van der Waals surface area contributed by atoms with Crippen molar-refractivity contribution in [2.45, 2.75) is 18.2 Å². The van der Waals surface area contributed by atoms with Gasteiger partial charge in [0, 0.05) is 32.4 Å². The van der Waals surface area contributed by atoms with Crippen LogP contribution in [0, 0.1) is 6.92 Å². The molecule has 0 aliphatic carbocycles. The fraction of sp³-hybridized carbons (Fsp3) is 0.158. The zero-order chi connectivity index (χ0) is 18.5. The molecular formula is C19H16Cl2N2OS2. The van der Waals surface area contributed by atoms with Crippen LogP contribution < -0.4 is 5.32 Å². The molecule has 3 aromatic rings. The average molecular weight is 423 g/mol. The van der Waals surface area contributed by atoms with E-state index in [2.05, 4.69) is 10.3 Å². The number of hydrogen-bond donors (Lipinski definition) is 1. The van der Waals surface area contributed by atoms with E-state index in [1.165, 1.54) is 28.7 Å². The van der Waals surface area contributed by atoms with Crippen molar-refractivity contribution in [1.82, 2.24) is 4.98 Å². The molecule has 1 amide bonds. The molecule has 7 heteroatoms. The van der Waals surface area contributed by atoms with Crippen LogP contribution >= 0.6 is 46.3 Å². The molecule has 0 spiro atoms. The van der Waals surface area contributed by atoms with E-state index in [1.807, 2.05) is 43.3 Å². The van der Waals surface area contributed by atoms with Gasteiger partial charge in [-0.05, 0) is 36.8 Å². The second kappa shape index (κ2) is 8.91. The number of anilines is 1. The van der Waals surface area contributed by atoms with E-state index in [-0.39, 0.29) is 5.91 Å². The smallest absolute Gasteiger partial charge is 0.236 e. The molecule has 26 heavy (non-hydrogen) atoms. The molecule has 0 fully saturated rings. The van der Waals surface area contributed by atoms with Crippen molar-refractivity contribution in [2.75, 3.05) is 11.1 Å². The van der Waals surface area contributed by atoms with Crippen molar-refractivity contribution in [3.63, 3.8) is 0 Å². The fourth-order valence-corrected chi connectivity index (χ4v) is 4.26. The lowest BCUT2D eigenvalue weighted by atomic mass is 10.1. The second-order valence-electron chi connectivity index (χ2n) is 5.69. The third-order valence-corrected chi connectivity index (χ3v) is 6.08. The molecule has 2 aromatic carbocycles. The summed E-state index contributed by atoms with van der Waals surface area (Å²) in [5, 5.41) is 4.69. The van der Waals surface area contributed by atoms with Gasteiger partial charge in [-0.15, -0.1) is 23.1 Å². The molecule has 0 bridgehead atoms. The molecule has 1 aromatic heterocycles. The quantitative estimate of drug-likeness (QED) is 0.489. The lowest BCUT2D eigenvalue weighted by Gasteiger charge is -2.03. The summed E-state index contributed by atoms with van der Waals surface area (Å²) in [6, 6.07) is 13.6. The van der Waals surface area contributed by atoms with Gasteiger partial charge in [0.15, 0.2) is 5.13 Å². The first-order valence-electron chi connectivity index (χ1n) is 7.87. The zero-order valence-electron chi connectivity index (χ0n) is 14.0. The van der Waals surface area contributed by atoms with Gasteiger partial charge in [-0.3, -0.25) is 4.79 Å². The van der Waals surface area contributed by atoms with Crippen LogP contribution in [0.15, 0.2) is 53.6 Å². The van der Waals surface area contributed by atoms with Crippen molar-refractivity contribution in [3.8, 4) is 0 Å². The Hall–Kier alpha value is -1.53. The van der Waals surface area contributed by atoms with Gasteiger partial charge < -0.3 is 5.32 Å². The molecular weight excluding hydrogens is 407 g/mol. The van der Waals surface area contributed by atoms with Crippen LogP contribution in [0.5, 0.6) is 0 Å². The van der Waals surface area contributed by atoms with Crippen LogP contribution in [0.4, 0.5) is 5.13 Å². The highest BCUT2D eigenvalue weighted by molar-refractivity contribution is 8.00. The topological polar surface area (TPSA) is 42.0 Å². The number of carbonyl (C=O) groups excluding carboxylic acids is 1. The highest BCUT2D eigenvalue weighted by Gasteiger charge is 2.09. The summed E-state index contributed by atoms with van der Waals surface area (Å²) < 4.78 is 0. The number of amides is 1. The van der Waals surface area contributed by atoms with E-state index in [1.54, 1.807) is 12.3 Å². The summed E-state index contributed by atoms with van der Waals surface area (Å²) in [6.07, 6.45) is 2.42. The van der Waals surface area contributed by atoms with E-state index in [0.29, 0.717) is 27.4 Å². The summed E-state index contributed by atoms with van der Waals surface area (Å²) in [4.78, 5) is 18.5. The molecule has 0 radical (unpaired) electrons. The van der Waals surface area contributed by atoms with E-state index in [0.717, 1.165) is 15.3 Å². The number of halogens is 2. The summed E-state index contributed by atoms with van der Waals surface area (Å²) in [7, 11) is 0. The molecule has 134 valence electrons. The van der Waals surface area contributed by atoms with Crippen LogP contribution in [0.2, 0.25) is 10.0 Å². The van der Waals surface area contributed by atoms with Crippen LogP contribution in [0.3, 0.4) is 0 Å². The maximum absolute atomic E-state index is 12.1. The standard InChI is InChI=1S/C19H16Cl2N2OS2/c1-12-2-6-15(7-3-12)25-11-18(24)23-19-22-10-16(26-19)8-13-4-5-14(20)9-17(13)21/h2-7,9-10H,8,11H2,1H3,(H,22,23,24). The first-order valence-corrected chi connectivity index (χ1v) is 10.4. The Kier molecular flexibility index (Phi) is 6.59. The largest absolute Gasteiger partial charge is 0.301 e. The summed E-state index contributed by atoms with van der Waals surface area (Å²) in [6.45, 7) is 2.04. The van der Waals surface area contributed by atoms with Gasteiger partial charge in [0.05, 0.1) is 5.75 Å². The van der Waals surface area contributed by atoms with Crippen LogP contribution in [0.25, 0.3) is 0 Å². The molecule has 0 saturated heterocycles. The molecule has 3 rings (SSSR count). The first-order chi connectivity index (χ1) is 12.5. The van der Waals surface area contributed by atoms with Gasteiger partial charge in [0.25, 0.3) is 0 Å². The Morgan fingerprint density at radius 2 is 1.96 bits per heavy atom.